The quantitative estimate of drug-likeness (QED) is 0.680. The standard InChI is InChI=1S/C16H31N3O/c1-3-19(14-7-4-5-8-14)12-6-11-16(2,15(17)20)18-13-9-10-13/h13-14,18H,3-12H2,1-2H3,(H2,17,20). The zero-order chi connectivity index (χ0) is 14.6. The molecule has 2 saturated carbocycles. The van der Waals surface area contributed by atoms with Gasteiger partial charge in [0, 0.05) is 12.1 Å². The summed E-state index contributed by atoms with van der Waals surface area (Å²) in [5, 5.41) is 3.44. The molecule has 0 radical (unpaired) electrons. The first-order valence-corrected chi connectivity index (χ1v) is 8.37. The molecule has 1 unspecified atom stereocenters. The van der Waals surface area contributed by atoms with Crippen LogP contribution in [-0.4, -0.2) is 41.5 Å². The Labute approximate surface area is 123 Å². The molecule has 1 amide bonds. The molecule has 4 heteroatoms. The fraction of sp³-hybridized carbons (Fsp3) is 0.938. The molecule has 2 fully saturated rings. The lowest BCUT2D eigenvalue weighted by Crippen LogP contribution is -2.54. The normalized spacial score (nSPS) is 23.1. The van der Waals surface area contributed by atoms with Gasteiger partial charge in [0.05, 0.1) is 5.54 Å². The molecular formula is C16H31N3O. The summed E-state index contributed by atoms with van der Waals surface area (Å²) in [6, 6.07) is 1.29. The van der Waals surface area contributed by atoms with Crippen LogP contribution < -0.4 is 11.1 Å². The monoisotopic (exact) mass is 281 g/mol. The van der Waals surface area contributed by atoms with E-state index in [0.29, 0.717) is 6.04 Å². The van der Waals surface area contributed by atoms with E-state index in [1.807, 2.05) is 6.92 Å². The van der Waals surface area contributed by atoms with Crippen molar-refractivity contribution in [2.45, 2.75) is 82.8 Å². The summed E-state index contributed by atoms with van der Waals surface area (Å²) in [5.41, 5.74) is 5.09. The molecule has 0 saturated heterocycles. The highest BCUT2D eigenvalue weighted by Crippen LogP contribution is 2.26. The van der Waals surface area contributed by atoms with Crippen LogP contribution in [0, 0.1) is 0 Å². The molecular weight excluding hydrogens is 250 g/mol. The minimum Gasteiger partial charge on any atom is -0.368 e. The Balaban J connectivity index is 1.77. The third-order valence-corrected chi connectivity index (χ3v) is 5.01. The van der Waals surface area contributed by atoms with Gasteiger partial charge >= 0.3 is 0 Å². The first-order valence-electron chi connectivity index (χ1n) is 8.37. The predicted octanol–water partition coefficient (Wildman–Crippen LogP) is 2.03. The van der Waals surface area contributed by atoms with Crippen LogP contribution >= 0.6 is 0 Å². The molecule has 4 nitrogen and oxygen atoms in total. The van der Waals surface area contributed by atoms with E-state index in [0.717, 1.165) is 32.0 Å². The lowest BCUT2D eigenvalue weighted by Gasteiger charge is -2.31. The van der Waals surface area contributed by atoms with Gasteiger partial charge in [-0.15, -0.1) is 0 Å². The van der Waals surface area contributed by atoms with Crippen LogP contribution in [-0.2, 0) is 4.79 Å². The molecule has 1 atom stereocenters. The van der Waals surface area contributed by atoms with E-state index in [9.17, 15) is 4.79 Å². The summed E-state index contributed by atoms with van der Waals surface area (Å²) in [7, 11) is 0. The largest absolute Gasteiger partial charge is 0.368 e. The fourth-order valence-corrected chi connectivity index (χ4v) is 3.45. The highest BCUT2D eigenvalue weighted by atomic mass is 16.1. The number of nitrogens with two attached hydrogens (primary N) is 1. The third-order valence-electron chi connectivity index (χ3n) is 5.01. The number of nitrogens with one attached hydrogen (secondary N) is 1. The van der Waals surface area contributed by atoms with Crippen LogP contribution in [0.2, 0.25) is 0 Å². The summed E-state index contributed by atoms with van der Waals surface area (Å²) in [6.07, 6.45) is 9.72. The zero-order valence-electron chi connectivity index (χ0n) is 13.2. The van der Waals surface area contributed by atoms with Crippen molar-refractivity contribution in [3.8, 4) is 0 Å². The van der Waals surface area contributed by atoms with Gasteiger partial charge in [0.1, 0.15) is 0 Å². The van der Waals surface area contributed by atoms with Gasteiger partial charge in [-0.2, -0.15) is 0 Å². The highest BCUT2D eigenvalue weighted by molar-refractivity contribution is 5.84. The van der Waals surface area contributed by atoms with Crippen molar-refractivity contribution in [1.29, 1.82) is 0 Å². The Hall–Kier alpha value is -0.610. The van der Waals surface area contributed by atoms with Gasteiger partial charge in [-0.3, -0.25) is 4.79 Å². The average molecular weight is 281 g/mol. The molecule has 0 bridgehead atoms. The Morgan fingerprint density at radius 3 is 2.45 bits per heavy atom. The lowest BCUT2D eigenvalue weighted by molar-refractivity contribution is -0.124. The van der Waals surface area contributed by atoms with Crippen molar-refractivity contribution in [3.05, 3.63) is 0 Å². The molecule has 0 heterocycles. The van der Waals surface area contributed by atoms with Crippen LogP contribution in [0.1, 0.15) is 65.2 Å². The molecule has 3 N–H and O–H groups in total. The second-order valence-corrected chi connectivity index (χ2v) is 6.79. The van der Waals surface area contributed by atoms with Gasteiger partial charge in [0.15, 0.2) is 0 Å². The Morgan fingerprint density at radius 2 is 1.95 bits per heavy atom. The van der Waals surface area contributed by atoms with E-state index in [-0.39, 0.29) is 5.91 Å². The highest BCUT2D eigenvalue weighted by Gasteiger charge is 2.36. The number of hydrogen-bond acceptors (Lipinski definition) is 3. The minimum atomic E-state index is -0.518. The van der Waals surface area contributed by atoms with Gasteiger partial charge in [0.25, 0.3) is 0 Å². The maximum absolute atomic E-state index is 11.7. The van der Waals surface area contributed by atoms with Gasteiger partial charge < -0.3 is 16.0 Å². The molecule has 0 aliphatic heterocycles. The Morgan fingerprint density at radius 1 is 1.30 bits per heavy atom. The number of carbonyl (C=O) groups is 1. The van der Waals surface area contributed by atoms with Crippen LogP contribution in [0.25, 0.3) is 0 Å². The summed E-state index contributed by atoms with van der Waals surface area (Å²) in [4.78, 5) is 14.3. The van der Waals surface area contributed by atoms with Crippen molar-refractivity contribution < 1.29 is 4.79 Å². The van der Waals surface area contributed by atoms with Crippen LogP contribution in [0.4, 0.5) is 0 Å². The van der Waals surface area contributed by atoms with Gasteiger partial charge in [-0.1, -0.05) is 19.8 Å². The first-order chi connectivity index (χ1) is 9.55. The van der Waals surface area contributed by atoms with Crippen molar-refractivity contribution in [2.75, 3.05) is 13.1 Å². The van der Waals surface area contributed by atoms with Crippen molar-refractivity contribution in [2.24, 2.45) is 5.73 Å². The zero-order valence-corrected chi connectivity index (χ0v) is 13.2. The number of rotatable bonds is 9. The third kappa shape index (κ3) is 4.19. The van der Waals surface area contributed by atoms with Crippen molar-refractivity contribution in [1.82, 2.24) is 10.2 Å². The molecule has 0 spiro atoms. The summed E-state index contributed by atoms with van der Waals surface area (Å²) in [5.74, 6) is -0.201. The Kier molecular flexibility index (Phi) is 5.44. The predicted molar refractivity (Wildman–Crippen MR) is 82.5 cm³/mol. The van der Waals surface area contributed by atoms with Crippen LogP contribution in [0.3, 0.4) is 0 Å². The lowest BCUT2D eigenvalue weighted by atomic mass is 9.94. The van der Waals surface area contributed by atoms with Crippen LogP contribution in [0.15, 0.2) is 0 Å². The van der Waals surface area contributed by atoms with Crippen molar-refractivity contribution >= 4 is 5.91 Å². The summed E-state index contributed by atoms with van der Waals surface area (Å²) < 4.78 is 0. The molecule has 2 rings (SSSR count). The number of hydrogen-bond donors (Lipinski definition) is 2. The molecule has 116 valence electrons. The smallest absolute Gasteiger partial charge is 0.237 e. The second kappa shape index (κ2) is 6.90. The van der Waals surface area contributed by atoms with Crippen molar-refractivity contribution in [3.63, 3.8) is 0 Å². The van der Waals surface area contributed by atoms with E-state index in [1.54, 1.807) is 0 Å². The van der Waals surface area contributed by atoms with E-state index < -0.39 is 5.54 Å². The number of amides is 1. The Bertz CT molecular complexity index is 324. The average Bonchev–Trinajstić information content (AvgIpc) is 3.05. The second-order valence-electron chi connectivity index (χ2n) is 6.79. The maximum atomic E-state index is 11.7. The summed E-state index contributed by atoms with van der Waals surface area (Å²) in [6.45, 7) is 6.43. The van der Waals surface area contributed by atoms with E-state index in [1.165, 1.54) is 38.5 Å². The molecule has 0 aromatic carbocycles. The molecule has 20 heavy (non-hydrogen) atoms. The molecule has 2 aliphatic rings. The maximum Gasteiger partial charge on any atom is 0.237 e. The first kappa shape index (κ1) is 15.8. The number of primary amides is 1. The fourth-order valence-electron chi connectivity index (χ4n) is 3.45. The van der Waals surface area contributed by atoms with E-state index in [4.69, 9.17) is 5.73 Å². The number of nitrogens with zero attached hydrogens (tertiary/aromatic N) is 1. The molecule has 0 aromatic rings. The van der Waals surface area contributed by atoms with Gasteiger partial charge in [-0.25, -0.2) is 0 Å². The van der Waals surface area contributed by atoms with Crippen LogP contribution in [0.5, 0.6) is 0 Å². The molecule has 2 aliphatic carbocycles. The van der Waals surface area contributed by atoms with E-state index in [2.05, 4.69) is 17.1 Å². The molecule has 0 aromatic heterocycles. The van der Waals surface area contributed by atoms with Gasteiger partial charge in [0.2, 0.25) is 5.91 Å². The number of carbonyl (C=O) groups excluding carboxylic acids is 1. The van der Waals surface area contributed by atoms with E-state index >= 15 is 0 Å². The minimum absolute atomic E-state index is 0.201. The van der Waals surface area contributed by atoms with Gasteiger partial charge in [-0.05, 0) is 58.5 Å². The summed E-state index contributed by atoms with van der Waals surface area (Å²) >= 11 is 0. The SMILES string of the molecule is CCN(CCCC(C)(NC1CC1)C(N)=O)C1CCCC1. The topological polar surface area (TPSA) is 58.4 Å².